The first kappa shape index (κ1) is 17.7. The van der Waals surface area contributed by atoms with Crippen LogP contribution < -0.4 is 10.6 Å². The van der Waals surface area contributed by atoms with E-state index in [9.17, 15) is 9.59 Å². The molecule has 2 rings (SSSR count). The van der Waals surface area contributed by atoms with Gasteiger partial charge in [0.25, 0.3) is 0 Å². The van der Waals surface area contributed by atoms with Gasteiger partial charge in [-0.25, -0.2) is 9.78 Å². The maximum atomic E-state index is 12.3. The fourth-order valence-electron chi connectivity index (χ4n) is 2.26. The summed E-state index contributed by atoms with van der Waals surface area (Å²) in [5.74, 6) is -0.976. The number of hydrogen-bond donors (Lipinski definition) is 2. The van der Waals surface area contributed by atoms with Crippen molar-refractivity contribution in [3.63, 3.8) is 0 Å². The van der Waals surface area contributed by atoms with Gasteiger partial charge >= 0.3 is 12.0 Å². The molecule has 2 unspecified atom stereocenters. The summed E-state index contributed by atoms with van der Waals surface area (Å²) in [6.07, 6.45) is 1.53. The molecule has 0 saturated carbocycles. The van der Waals surface area contributed by atoms with Crippen molar-refractivity contribution >= 4 is 29.3 Å². The zero-order chi connectivity index (χ0) is 17.5. The second-order valence-electron chi connectivity index (χ2n) is 5.14. The number of methoxy groups -OCH3 is 1. The van der Waals surface area contributed by atoms with E-state index in [0.29, 0.717) is 5.69 Å². The molecule has 0 saturated heterocycles. The van der Waals surface area contributed by atoms with Crippen LogP contribution in [0.4, 0.5) is 10.5 Å². The molecule has 0 aliphatic carbocycles. The quantitative estimate of drug-likeness (QED) is 0.641. The molecule has 0 aliphatic heterocycles. The van der Waals surface area contributed by atoms with Gasteiger partial charge in [-0.15, -0.1) is 0 Å². The average Bonchev–Trinajstić information content (AvgIpc) is 2.61. The number of aromatic nitrogens is 1. The van der Waals surface area contributed by atoms with Gasteiger partial charge in [0, 0.05) is 6.20 Å². The third-order valence-electron chi connectivity index (χ3n) is 3.53. The fraction of sp³-hybridized carbons (Fsp3) is 0.235. The lowest BCUT2D eigenvalue weighted by atomic mass is 9.94. The highest BCUT2D eigenvalue weighted by Gasteiger charge is 2.28. The number of urea groups is 1. The second kappa shape index (κ2) is 8.31. The van der Waals surface area contributed by atoms with E-state index in [0.717, 1.165) is 5.56 Å². The Labute approximate surface area is 145 Å². The lowest BCUT2D eigenvalue weighted by Crippen LogP contribution is -2.38. The number of carbonyl (C=O) groups excluding carboxylic acids is 2. The van der Waals surface area contributed by atoms with Crippen molar-refractivity contribution in [2.45, 2.75) is 13.0 Å². The third kappa shape index (κ3) is 4.45. The number of pyridine rings is 1. The van der Waals surface area contributed by atoms with E-state index in [1.165, 1.54) is 13.3 Å². The van der Waals surface area contributed by atoms with Crippen molar-refractivity contribution in [2.75, 3.05) is 12.4 Å². The van der Waals surface area contributed by atoms with Gasteiger partial charge in [-0.3, -0.25) is 4.79 Å². The predicted octanol–water partition coefficient (Wildman–Crippen LogP) is 3.41. The first-order valence-electron chi connectivity index (χ1n) is 7.33. The van der Waals surface area contributed by atoms with E-state index in [2.05, 4.69) is 15.6 Å². The maximum Gasteiger partial charge on any atom is 0.319 e. The van der Waals surface area contributed by atoms with Crippen LogP contribution in [0.2, 0.25) is 5.15 Å². The monoisotopic (exact) mass is 347 g/mol. The van der Waals surface area contributed by atoms with E-state index in [1.54, 1.807) is 19.1 Å². The van der Waals surface area contributed by atoms with E-state index >= 15 is 0 Å². The SMILES string of the molecule is COC(=O)C(C)C(NC(=O)Nc1cccnc1Cl)c1ccccc1. The molecule has 2 amide bonds. The molecule has 1 aromatic heterocycles. The Balaban J connectivity index is 2.17. The van der Waals surface area contributed by atoms with E-state index < -0.39 is 24.0 Å². The number of amides is 2. The van der Waals surface area contributed by atoms with Crippen LogP contribution in [0.15, 0.2) is 48.7 Å². The molecule has 1 aromatic carbocycles. The number of carbonyl (C=O) groups is 2. The Kier molecular flexibility index (Phi) is 6.14. The standard InChI is InChI=1S/C17H18ClN3O3/c1-11(16(22)24-2)14(12-7-4-3-5-8-12)21-17(23)20-13-9-6-10-19-15(13)18/h3-11,14H,1-2H3,(H2,20,21,23). The Hall–Kier alpha value is -2.60. The van der Waals surface area contributed by atoms with Crippen LogP contribution in [-0.4, -0.2) is 24.1 Å². The summed E-state index contributed by atoms with van der Waals surface area (Å²) in [5.41, 5.74) is 1.18. The van der Waals surface area contributed by atoms with Gasteiger partial charge < -0.3 is 15.4 Å². The number of esters is 1. The van der Waals surface area contributed by atoms with Crippen LogP contribution in [0.25, 0.3) is 0 Å². The van der Waals surface area contributed by atoms with Gasteiger partial charge in [-0.2, -0.15) is 0 Å². The van der Waals surface area contributed by atoms with Gasteiger partial charge in [-0.05, 0) is 24.6 Å². The molecule has 24 heavy (non-hydrogen) atoms. The molecule has 0 spiro atoms. The van der Waals surface area contributed by atoms with Crippen LogP contribution >= 0.6 is 11.6 Å². The van der Waals surface area contributed by atoms with Crippen molar-refractivity contribution in [1.82, 2.24) is 10.3 Å². The molecular formula is C17H18ClN3O3. The van der Waals surface area contributed by atoms with E-state index in [-0.39, 0.29) is 5.15 Å². The Morgan fingerprint density at radius 2 is 1.88 bits per heavy atom. The molecule has 2 atom stereocenters. The number of anilines is 1. The molecule has 0 aliphatic rings. The zero-order valence-electron chi connectivity index (χ0n) is 13.3. The summed E-state index contributed by atoms with van der Waals surface area (Å²) in [4.78, 5) is 28.1. The number of halogens is 1. The first-order valence-corrected chi connectivity index (χ1v) is 7.71. The van der Waals surface area contributed by atoms with Crippen molar-refractivity contribution < 1.29 is 14.3 Å². The van der Waals surface area contributed by atoms with Crippen molar-refractivity contribution in [1.29, 1.82) is 0 Å². The highest BCUT2D eigenvalue weighted by Crippen LogP contribution is 2.24. The van der Waals surface area contributed by atoms with E-state index in [4.69, 9.17) is 16.3 Å². The van der Waals surface area contributed by atoms with Crippen LogP contribution in [0.3, 0.4) is 0 Å². The normalized spacial score (nSPS) is 12.8. The number of nitrogens with zero attached hydrogens (tertiary/aromatic N) is 1. The summed E-state index contributed by atoms with van der Waals surface area (Å²) in [6, 6.07) is 11.5. The molecule has 126 valence electrons. The highest BCUT2D eigenvalue weighted by atomic mass is 35.5. The Bertz CT molecular complexity index is 709. The van der Waals surface area contributed by atoms with Crippen molar-refractivity contribution in [3.8, 4) is 0 Å². The number of hydrogen-bond acceptors (Lipinski definition) is 4. The summed E-state index contributed by atoms with van der Waals surface area (Å²) in [6.45, 7) is 1.70. The Morgan fingerprint density at radius 1 is 1.17 bits per heavy atom. The van der Waals surface area contributed by atoms with Crippen LogP contribution in [0.5, 0.6) is 0 Å². The number of ether oxygens (including phenoxy) is 1. The van der Waals surface area contributed by atoms with Crippen molar-refractivity contribution in [3.05, 3.63) is 59.4 Å². The molecule has 0 radical (unpaired) electrons. The van der Waals surface area contributed by atoms with Gasteiger partial charge in [0.05, 0.1) is 24.8 Å². The largest absolute Gasteiger partial charge is 0.469 e. The smallest absolute Gasteiger partial charge is 0.319 e. The topological polar surface area (TPSA) is 80.3 Å². The molecule has 0 fully saturated rings. The summed E-state index contributed by atoms with van der Waals surface area (Å²) >= 11 is 5.93. The lowest BCUT2D eigenvalue weighted by molar-refractivity contribution is -0.145. The number of nitrogens with one attached hydrogen (secondary N) is 2. The summed E-state index contributed by atoms with van der Waals surface area (Å²) in [7, 11) is 1.32. The van der Waals surface area contributed by atoms with Crippen LogP contribution in [0, 0.1) is 5.92 Å². The van der Waals surface area contributed by atoms with Gasteiger partial charge in [0.15, 0.2) is 5.15 Å². The van der Waals surface area contributed by atoms with Gasteiger partial charge in [-0.1, -0.05) is 41.9 Å². The molecule has 1 heterocycles. The van der Waals surface area contributed by atoms with E-state index in [1.807, 2.05) is 30.3 Å². The summed E-state index contributed by atoms with van der Waals surface area (Å²) in [5, 5.41) is 5.60. The molecule has 0 bridgehead atoms. The number of rotatable bonds is 5. The van der Waals surface area contributed by atoms with Crippen molar-refractivity contribution in [2.24, 2.45) is 5.92 Å². The molecule has 7 heteroatoms. The average molecular weight is 348 g/mol. The molecular weight excluding hydrogens is 330 g/mol. The predicted molar refractivity (Wildman–Crippen MR) is 91.8 cm³/mol. The highest BCUT2D eigenvalue weighted by molar-refractivity contribution is 6.32. The minimum atomic E-state index is -0.562. The third-order valence-corrected chi connectivity index (χ3v) is 3.83. The molecule has 6 nitrogen and oxygen atoms in total. The number of benzene rings is 1. The van der Waals surface area contributed by atoms with Crippen LogP contribution in [-0.2, 0) is 9.53 Å². The van der Waals surface area contributed by atoms with Gasteiger partial charge in [0.1, 0.15) is 0 Å². The molecule has 2 aromatic rings. The fourth-order valence-corrected chi connectivity index (χ4v) is 2.42. The Morgan fingerprint density at radius 3 is 2.50 bits per heavy atom. The first-order chi connectivity index (χ1) is 11.5. The summed E-state index contributed by atoms with van der Waals surface area (Å²) < 4.78 is 4.79. The maximum absolute atomic E-state index is 12.3. The minimum absolute atomic E-state index is 0.185. The lowest BCUT2D eigenvalue weighted by Gasteiger charge is -2.24. The second-order valence-corrected chi connectivity index (χ2v) is 5.50. The van der Waals surface area contributed by atoms with Gasteiger partial charge in [0.2, 0.25) is 0 Å². The van der Waals surface area contributed by atoms with Crippen LogP contribution in [0.1, 0.15) is 18.5 Å². The zero-order valence-corrected chi connectivity index (χ0v) is 14.1. The minimum Gasteiger partial charge on any atom is -0.469 e. The molecule has 2 N–H and O–H groups in total.